The van der Waals surface area contributed by atoms with Crippen LogP contribution in [0.5, 0.6) is 0 Å². The van der Waals surface area contributed by atoms with E-state index in [1.165, 1.54) is 0 Å². The Kier molecular flexibility index (Phi) is 4.21. The highest BCUT2D eigenvalue weighted by Gasteiger charge is 2.09. The number of ketones is 1. The topological polar surface area (TPSA) is 44.1 Å². The van der Waals surface area contributed by atoms with Crippen LogP contribution in [-0.4, -0.2) is 12.8 Å². The van der Waals surface area contributed by atoms with Crippen LogP contribution in [0.25, 0.3) is 0 Å². The van der Waals surface area contributed by atoms with Crippen LogP contribution in [0.4, 0.5) is 11.4 Å². The van der Waals surface area contributed by atoms with Gasteiger partial charge in [-0.05, 0) is 65.3 Å². The van der Waals surface area contributed by atoms with Gasteiger partial charge in [-0.2, -0.15) is 5.26 Å². The van der Waals surface area contributed by atoms with Crippen molar-refractivity contribution >= 4 is 33.1 Å². The Morgan fingerprint density at radius 2 is 1.75 bits per heavy atom. The van der Waals surface area contributed by atoms with E-state index in [-0.39, 0.29) is 5.78 Å². The lowest BCUT2D eigenvalue weighted by molar-refractivity contribution is 0.101. The molecule has 0 fully saturated rings. The number of halogens is 1. The zero-order chi connectivity index (χ0) is 14.7. The lowest BCUT2D eigenvalue weighted by Crippen LogP contribution is -2.09. The van der Waals surface area contributed by atoms with Crippen LogP contribution >= 0.6 is 15.9 Å². The summed E-state index contributed by atoms with van der Waals surface area (Å²) in [6, 6.07) is 15.1. The van der Waals surface area contributed by atoms with Gasteiger partial charge in [0.05, 0.1) is 11.6 Å². The maximum Gasteiger partial charge on any atom is 0.160 e. The van der Waals surface area contributed by atoms with E-state index in [4.69, 9.17) is 5.26 Å². The quantitative estimate of drug-likeness (QED) is 0.789. The molecule has 0 atom stereocenters. The SMILES string of the molecule is CC(=O)c1ccc(N(C)c2ccc(C#N)cc2)cc1Br. The van der Waals surface area contributed by atoms with Gasteiger partial charge < -0.3 is 4.90 Å². The normalized spacial score (nSPS) is 9.90. The summed E-state index contributed by atoms with van der Waals surface area (Å²) in [6.45, 7) is 1.55. The number of anilines is 2. The summed E-state index contributed by atoms with van der Waals surface area (Å²) in [7, 11) is 1.94. The fraction of sp³-hybridized carbons (Fsp3) is 0.125. The molecule has 0 aliphatic rings. The predicted molar refractivity (Wildman–Crippen MR) is 83.4 cm³/mol. The fourth-order valence-electron chi connectivity index (χ4n) is 1.91. The molecule has 0 N–H and O–H groups in total. The molecule has 0 amide bonds. The van der Waals surface area contributed by atoms with Crippen molar-refractivity contribution in [3.63, 3.8) is 0 Å². The van der Waals surface area contributed by atoms with Crippen LogP contribution in [0.3, 0.4) is 0 Å². The van der Waals surface area contributed by atoms with Gasteiger partial charge in [0.25, 0.3) is 0 Å². The number of hydrogen-bond acceptors (Lipinski definition) is 3. The van der Waals surface area contributed by atoms with Gasteiger partial charge in [0.2, 0.25) is 0 Å². The van der Waals surface area contributed by atoms with E-state index in [1.54, 1.807) is 19.1 Å². The molecule has 0 aliphatic heterocycles. The van der Waals surface area contributed by atoms with Crippen LogP contribution in [0.15, 0.2) is 46.9 Å². The molecule has 0 saturated carbocycles. The predicted octanol–water partition coefficient (Wildman–Crippen LogP) is 4.29. The average molecular weight is 329 g/mol. The molecule has 0 heterocycles. The number of carbonyl (C=O) groups is 1. The first-order valence-electron chi connectivity index (χ1n) is 6.07. The Balaban J connectivity index is 2.33. The second-order valence-electron chi connectivity index (χ2n) is 4.44. The van der Waals surface area contributed by atoms with E-state index in [2.05, 4.69) is 22.0 Å². The maximum absolute atomic E-state index is 11.4. The van der Waals surface area contributed by atoms with Gasteiger partial charge in [-0.1, -0.05) is 0 Å². The Labute approximate surface area is 126 Å². The summed E-state index contributed by atoms with van der Waals surface area (Å²) in [6.07, 6.45) is 0. The molecule has 3 nitrogen and oxygen atoms in total. The van der Waals surface area contributed by atoms with E-state index in [0.717, 1.165) is 15.8 Å². The number of benzene rings is 2. The minimum Gasteiger partial charge on any atom is -0.345 e. The second kappa shape index (κ2) is 5.89. The Morgan fingerprint density at radius 3 is 2.25 bits per heavy atom. The lowest BCUT2D eigenvalue weighted by atomic mass is 10.1. The molecule has 0 saturated heterocycles. The van der Waals surface area contributed by atoms with Crippen molar-refractivity contribution in [3.05, 3.63) is 58.1 Å². The minimum atomic E-state index is 0.0319. The van der Waals surface area contributed by atoms with Gasteiger partial charge in [-0.25, -0.2) is 0 Å². The lowest BCUT2D eigenvalue weighted by Gasteiger charge is -2.20. The molecule has 4 heteroatoms. The molecule has 2 aromatic carbocycles. The van der Waals surface area contributed by atoms with Crippen LogP contribution in [0.1, 0.15) is 22.8 Å². The molecule has 100 valence electrons. The molecule has 20 heavy (non-hydrogen) atoms. The molecule has 0 spiro atoms. The largest absolute Gasteiger partial charge is 0.345 e. The third-order valence-electron chi connectivity index (χ3n) is 3.10. The van der Waals surface area contributed by atoms with Crippen molar-refractivity contribution in [2.75, 3.05) is 11.9 Å². The van der Waals surface area contributed by atoms with Gasteiger partial charge >= 0.3 is 0 Å². The molecule has 0 radical (unpaired) electrons. The van der Waals surface area contributed by atoms with Crippen molar-refractivity contribution < 1.29 is 4.79 Å². The summed E-state index contributed by atoms with van der Waals surface area (Å²) >= 11 is 3.42. The zero-order valence-electron chi connectivity index (χ0n) is 11.2. The third-order valence-corrected chi connectivity index (χ3v) is 3.76. The van der Waals surface area contributed by atoms with Crippen molar-refractivity contribution in [3.8, 4) is 6.07 Å². The Morgan fingerprint density at radius 1 is 1.15 bits per heavy atom. The standard InChI is InChI=1S/C16H13BrN2O/c1-11(20)15-8-7-14(9-16(15)17)19(2)13-5-3-12(10-18)4-6-13/h3-9H,1-2H3. The zero-order valence-corrected chi connectivity index (χ0v) is 12.8. The van der Waals surface area contributed by atoms with Gasteiger partial charge in [0, 0.05) is 28.5 Å². The molecule has 0 bridgehead atoms. The Hall–Kier alpha value is -2.12. The molecule has 2 aromatic rings. The fourth-order valence-corrected chi connectivity index (χ4v) is 2.55. The van der Waals surface area contributed by atoms with Gasteiger partial charge in [-0.3, -0.25) is 4.79 Å². The molecular weight excluding hydrogens is 316 g/mol. The summed E-state index contributed by atoms with van der Waals surface area (Å²) in [5.41, 5.74) is 3.25. The molecule has 0 aromatic heterocycles. The van der Waals surface area contributed by atoms with Crippen LogP contribution in [0.2, 0.25) is 0 Å². The van der Waals surface area contributed by atoms with E-state index >= 15 is 0 Å². The van der Waals surface area contributed by atoms with Gasteiger partial charge in [-0.15, -0.1) is 0 Å². The number of nitriles is 1. The molecule has 2 rings (SSSR count). The number of carbonyl (C=O) groups excluding carboxylic acids is 1. The highest BCUT2D eigenvalue weighted by atomic mass is 79.9. The monoisotopic (exact) mass is 328 g/mol. The molecule has 0 unspecified atom stereocenters. The number of Topliss-reactive ketones (excluding diaryl/α,β-unsaturated/α-hetero) is 1. The number of hydrogen-bond donors (Lipinski definition) is 0. The third kappa shape index (κ3) is 2.89. The summed E-state index contributed by atoms with van der Waals surface area (Å²) in [5, 5.41) is 8.80. The van der Waals surface area contributed by atoms with Crippen LogP contribution in [0, 0.1) is 11.3 Å². The average Bonchev–Trinajstić information content (AvgIpc) is 2.46. The number of rotatable bonds is 3. The molecule has 0 aliphatic carbocycles. The summed E-state index contributed by atoms with van der Waals surface area (Å²) < 4.78 is 0.781. The van der Waals surface area contributed by atoms with E-state index in [9.17, 15) is 4.79 Å². The van der Waals surface area contributed by atoms with E-state index in [1.807, 2.05) is 42.3 Å². The molecular formula is C16H13BrN2O. The van der Waals surface area contributed by atoms with Crippen molar-refractivity contribution in [1.82, 2.24) is 0 Å². The minimum absolute atomic E-state index is 0.0319. The second-order valence-corrected chi connectivity index (χ2v) is 5.29. The summed E-state index contributed by atoms with van der Waals surface area (Å²) in [4.78, 5) is 13.4. The van der Waals surface area contributed by atoms with Crippen molar-refractivity contribution in [2.24, 2.45) is 0 Å². The van der Waals surface area contributed by atoms with Gasteiger partial charge in [0.1, 0.15) is 0 Å². The first-order valence-corrected chi connectivity index (χ1v) is 6.86. The number of nitrogens with zero attached hydrogens (tertiary/aromatic N) is 2. The highest BCUT2D eigenvalue weighted by molar-refractivity contribution is 9.10. The smallest absolute Gasteiger partial charge is 0.160 e. The highest BCUT2D eigenvalue weighted by Crippen LogP contribution is 2.28. The first-order chi connectivity index (χ1) is 9.52. The van der Waals surface area contributed by atoms with E-state index in [0.29, 0.717) is 11.1 Å². The van der Waals surface area contributed by atoms with Gasteiger partial charge in [0.15, 0.2) is 5.78 Å². The van der Waals surface area contributed by atoms with Crippen LogP contribution in [-0.2, 0) is 0 Å². The van der Waals surface area contributed by atoms with Crippen molar-refractivity contribution in [1.29, 1.82) is 5.26 Å². The first kappa shape index (κ1) is 14.3. The summed E-state index contributed by atoms with van der Waals surface area (Å²) in [5.74, 6) is 0.0319. The maximum atomic E-state index is 11.4. The van der Waals surface area contributed by atoms with Crippen molar-refractivity contribution in [2.45, 2.75) is 6.92 Å². The Bertz CT molecular complexity index is 687. The van der Waals surface area contributed by atoms with Crippen LogP contribution < -0.4 is 4.90 Å². The van der Waals surface area contributed by atoms with E-state index < -0.39 is 0 Å².